The quantitative estimate of drug-likeness (QED) is 0.663. The van der Waals surface area contributed by atoms with Crippen molar-refractivity contribution in [2.24, 2.45) is 0 Å². The van der Waals surface area contributed by atoms with E-state index in [-0.39, 0.29) is 12.3 Å². The number of rotatable bonds is 6. The van der Waals surface area contributed by atoms with Crippen LogP contribution in [0.2, 0.25) is 0 Å². The number of methoxy groups -OCH3 is 2. The number of carbonyl (C=O) groups is 1. The molecule has 0 spiro atoms. The third kappa shape index (κ3) is 3.86. The number of hydrogen-bond donors (Lipinski definition) is 1. The minimum absolute atomic E-state index is 0.0513. The van der Waals surface area contributed by atoms with Gasteiger partial charge in [-0.05, 0) is 37.1 Å². The van der Waals surface area contributed by atoms with Gasteiger partial charge in [0.15, 0.2) is 11.3 Å². The van der Waals surface area contributed by atoms with Crippen molar-refractivity contribution in [3.05, 3.63) is 69.1 Å². The second-order valence-electron chi connectivity index (χ2n) is 6.61. The van der Waals surface area contributed by atoms with Gasteiger partial charge in [0.25, 0.3) is 0 Å². The third-order valence-corrected chi connectivity index (χ3v) is 4.75. The molecule has 0 saturated heterocycles. The number of aryl methyl sites for hydroxylation is 2. The van der Waals surface area contributed by atoms with Crippen LogP contribution in [-0.2, 0) is 17.8 Å². The minimum Gasteiger partial charge on any atom is -0.493 e. The molecule has 0 aliphatic rings. The molecule has 3 aromatic rings. The standard InChI is InChI=1S/C22H23NO5/c1-13-5-7-15(8-6-13)12-23-19(24)11-17-14(2)16-9-10-18(26-3)21(27-4)20(16)28-22(17)25/h5-10H,11-12H2,1-4H3,(H,23,24). The van der Waals surface area contributed by atoms with Gasteiger partial charge in [-0.25, -0.2) is 4.79 Å². The summed E-state index contributed by atoms with van der Waals surface area (Å²) in [5.74, 6) is 0.590. The van der Waals surface area contributed by atoms with E-state index in [4.69, 9.17) is 13.9 Å². The average Bonchev–Trinajstić information content (AvgIpc) is 2.69. The lowest BCUT2D eigenvalue weighted by molar-refractivity contribution is -0.120. The maximum Gasteiger partial charge on any atom is 0.340 e. The Labute approximate surface area is 163 Å². The van der Waals surface area contributed by atoms with Crippen molar-refractivity contribution >= 4 is 16.9 Å². The van der Waals surface area contributed by atoms with Crippen LogP contribution in [0.25, 0.3) is 11.0 Å². The monoisotopic (exact) mass is 381 g/mol. The van der Waals surface area contributed by atoms with E-state index in [1.54, 1.807) is 19.1 Å². The molecule has 6 heteroatoms. The summed E-state index contributed by atoms with van der Waals surface area (Å²) in [5, 5.41) is 3.55. The van der Waals surface area contributed by atoms with Crippen LogP contribution in [0.1, 0.15) is 22.3 Å². The smallest absolute Gasteiger partial charge is 0.340 e. The first-order chi connectivity index (χ1) is 13.4. The van der Waals surface area contributed by atoms with E-state index in [0.717, 1.165) is 11.1 Å². The second kappa shape index (κ2) is 8.17. The molecule has 6 nitrogen and oxygen atoms in total. The van der Waals surface area contributed by atoms with Crippen LogP contribution in [0.3, 0.4) is 0 Å². The molecule has 0 atom stereocenters. The van der Waals surface area contributed by atoms with Crippen molar-refractivity contribution in [2.75, 3.05) is 14.2 Å². The van der Waals surface area contributed by atoms with Crippen molar-refractivity contribution in [1.82, 2.24) is 5.32 Å². The Hall–Kier alpha value is -3.28. The summed E-state index contributed by atoms with van der Waals surface area (Å²) in [6.45, 7) is 4.21. The molecular formula is C22H23NO5. The molecule has 28 heavy (non-hydrogen) atoms. The summed E-state index contributed by atoms with van der Waals surface area (Å²) in [7, 11) is 3.00. The number of hydrogen-bond acceptors (Lipinski definition) is 5. The van der Waals surface area contributed by atoms with Gasteiger partial charge in [-0.15, -0.1) is 0 Å². The zero-order valence-corrected chi connectivity index (χ0v) is 16.4. The van der Waals surface area contributed by atoms with Crippen LogP contribution in [0, 0.1) is 13.8 Å². The molecular weight excluding hydrogens is 358 g/mol. The maximum absolute atomic E-state index is 12.5. The maximum atomic E-state index is 12.5. The average molecular weight is 381 g/mol. The normalized spacial score (nSPS) is 10.7. The number of benzene rings is 2. The summed E-state index contributed by atoms with van der Waals surface area (Å²) in [5.41, 5.74) is 2.94. The molecule has 0 fully saturated rings. The molecule has 146 valence electrons. The highest BCUT2D eigenvalue weighted by atomic mass is 16.5. The summed E-state index contributed by atoms with van der Waals surface area (Å²) < 4.78 is 16.1. The van der Waals surface area contributed by atoms with Crippen LogP contribution in [0.5, 0.6) is 11.5 Å². The first-order valence-corrected chi connectivity index (χ1v) is 8.94. The molecule has 0 bridgehead atoms. The van der Waals surface area contributed by atoms with Crippen molar-refractivity contribution in [1.29, 1.82) is 0 Å². The molecule has 0 aliphatic heterocycles. The molecule has 1 aromatic heterocycles. The van der Waals surface area contributed by atoms with Gasteiger partial charge in [0, 0.05) is 11.9 Å². The zero-order chi connectivity index (χ0) is 20.3. The number of nitrogens with one attached hydrogen (secondary N) is 1. The SMILES string of the molecule is COc1ccc2c(C)c(CC(=O)NCc3ccc(C)cc3)c(=O)oc2c1OC. The van der Waals surface area contributed by atoms with Gasteiger partial charge in [0.1, 0.15) is 0 Å². The van der Waals surface area contributed by atoms with Gasteiger partial charge in [-0.1, -0.05) is 29.8 Å². The van der Waals surface area contributed by atoms with E-state index >= 15 is 0 Å². The van der Waals surface area contributed by atoms with E-state index in [9.17, 15) is 9.59 Å². The van der Waals surface area contributed by atoms with E-state index in [1.807, 2.05) is 31.2 Å². The van der Waals surface area contributed by atoms with Gasteiger partial charge in [0.05, 0.1) is 26.2 Å². The van der Waals surface area contributed by atoms with Crippen LogP contribution in [0.15, 0.2) is 45.6 Å². The first kappa shape index (κ1) is 19.5. The van der Waals surface area contributed by atoms with Crippen LogP contribution in [0.4, 0.5) is 0 Å². The Balaban J connectivity index is 1.85. The van der Waals surface area contributed by atoms with Gasteiger partial charge < -0.3 is 19.2 Å². The predicted octanol–water partition coefficient (Wildman–Crippen LogP) is 3.29. The first-order valence-electron chi connectivity index (χ1n) is 8.94. The Morgan fingerprint density at radius 1 is 1.04 bits per heavy atom. The fraction of sp³-hybridized carbons (Fsp3) is 0.273. The third-order valence-electron chi connectivity index (χ3n) is 4.75. The molecule has 1 N–H and O–H groups in total. The highest BCUT2D eigenvalue weighted by molar-refractivity contribution is 5.89. The molecule has 3 rings (SSSR count). The van der Waals surface area contributed by atoms with Crippen molar-refractivity contribution < 1.29 is 18.7 Å². The van der Waals surface area contributed by atoms with Crippen LogP contribution in [-0.4, -0.2) is 20.1 Å². The lowest BCUT2D eigenvalue weighted by Crippen LogP contribution is -2.27. The van der Waals surface area contributed by atoms with Crippen LogP contribution < -0.4 is 20.4 Å². The summed E-state index contributed by atoms with van der Waals surface area (Å²) in [6, 6.07) is 11.4. The molecule has 1 heterocycles. The fourth-order valence-electron chi connectivity index (χ4n) is 3.10. The Morgan fingerprint density at radius 2 is 1.75 bits per heavy atom. The summed E-state index contributed by atoms with van der Waals surface area (Å²) in [4.78, 5) is 24.9. The minimum atomic E-state index is -0.554. The lowest BCUT2D eigenvalue weighted by Gasteiger charge is -2.13. The van der Waals surface area contributed by atoms with E-state index in [1.165, 1.54) is 14.2 Å². The summed E-state index contributed by atoms with van der Waals surface area (Å²) >= 11 is 0. The van der Waals surface area contributed by atoms with Gasteiger partial charge in [-0.3, -0.25) is 4.79 Å². The van der Waals surface area contributed by atoms with Crippen LogP contribution >= 0.6 is 0 Å². The lowest BCUT2D eigenvalue weighted by atomic mass is 10.0. The van der Waals surface area contributed by atoms with Crippen molar-refractivity contribution in [3.63, 3.8) is 0 Å². The van der Waals surface area contributed by atoms with E-state index in [0.29, 0.717) is 40.1 Å². The van der Waals surface area contributed by atoms with Gasteiger partial charge >= 0.3 is 5.63 Å². The molecule has 0 unspecified atom stereocenters. The highest BCUT2D eigenvalue weighted by Gasteiger charge is 2.19. The predicted molar refractivity (Wildman–Crippen MR) is 107 cm³/mol. The molecule has 1 amide bonds. The number of carbonyl (C=O) groups excluding carboxylic acids is 1. The molecule has 2 aromatic carbocycles. The molecule has 0 aliphatic carbocycles. The largest absolute Gasteiger partial charge is 0.493 e. The highest BCUT2D eigenvalue weighted by Crippen LogP contribution is 2.36. The number of fused-ring (bicyclic) bond motifs is 1. The number of amides is 1. The van der Waals surface area contributed by atoms with E-state index < -0.39 is 5.63 Å². The topological polar surface area (TPSA) is 77.8 Å². The Morgan fingerprint density at radius 3 is 2.39 bits per heavy atom. The fourth-order valence-corrected chi connectivity index (χ4v) is 3.10. The number of ether oxygens (including phenoxy) is 2. The van der Waals surface area contributed by atoms with Crippen molar-refractivity contribution in [2.45, 2.75) is 26.8 Å². The zero-order valence-electron chi connectivity index (χ0n) is 16.4. The molecule has 0 radical (unpaired) electrons. The Kier molecular flexibility index (Phi) is 5.68. The summed E-state index contributed by atoms with van der Waals surface area (Å²) in [6.07, 6.45) is -0.0513. The Bertz CT molecular complexity index is 1070. The van der Waals surface area contributed by atoms with Gasteiger partial charge in [0.2, 0.25) is 11.7 Å². The van der Waals surface area contributed by atoms with Gasteiger partial charge in [-0.2, -0.15) is 0 Å². The second-order valence-corrected chi connectivity index (χ2v) is 6.61. The van der Waals surface area contributed by atoms with Crippen molar-refractivity contribution in [3.8, 4) is 11.5 Å². The van der Waals surface area contributed by atoms with E-state index in [2.05, 4.69) is 5.32 Å². The molecule has 0 saturated carbocycles.